The Balaban J connectivity index is 1.97. The minimum absolute atomic E-state index is 0.141. The third-order valence-corrected chi connectivity index (χ3v) is 4.34. The highest BCUT2D eigenvalue weighted by molar-refractivity contribution is 7.09. The zero-order chi connectivity index (χ0) is 13.2. The number of nitrogens with zero attached hydrogens (tertiary/aromatic N) is 1. The summed E-state index contributed by atoms with van der Waals surface area (Å²) in [7, 11) is 1.72. The molecule has 3 rings (SSSR count). The number of thiazole rings is 1. The van der Waals surface area contributed by atoms with Crippen molar-refractivity contribution in [3.8, 4) is 5.75 Å². The number of ether oxygens (including phenoxy) is 1. The lowest BCUT2D eigenvalue weighted by atomic mass is 10.1. The molecule has 0 amide bonds. The Labute approximate surface area is 117 Å². The summed E-state index contributed by atoms with van der Waals surface area (Å²) in [6.07, 6.45) is 2.52. The Morgan fingerprint density at radius 3 is 2.79 bits per heavy atom. The van der Waals surface area contributed by atoms with Crippen LogP contribution in [0.2, 0.25) is 0 Å². The van der Waals surface area contributed by atoms with E-state index in [2.05, 4.69) is 27.8 Å². The van der Waals surface area contributed by atoms with Gasteiger partial charge in [0.2, 0.25) is 0 Å². The maximum atomic E-state index is 5.49. The van der Waals surface area contributed by atoms with Gasteiger partial charge in [0.05, 0.1) is 13.2 Å². The van der Waals surface area contributed by atoms with E-state index in [4.69, 9.17) is 4.74 Å². The number of aromatic nitrogens is 1. The molecule has 1 aromatic heterocycles. The number of para-hydroxylation sites is 1. The van der Waals surface area contributed by atoms with Gasteiger partial charge < -0.3 is 10.1 Å². The molecule has 1 aliphatic carbocycles. The first-order chi connectivity index (χ1) is 9.28. The molecule has 4 heteroatoms. The first-order valence-electron chi connectivity index (χ1n) is 6.59. The number of aryl methyl sites for hydroxylation is 1. The number of hydrogen-bond acceptors (Lipinski definition) is 4. The van der Waals surface area contributed by atoms with Gasteiger partial charge in [-0.2, -0.15) is 0 Å². The molecule has 19 heavy (non-hydrogen) atoms. The van der Waals surface area contributed by atoms with Gasteiger partial charge in [0.25, 0.3) is 0 Å². The lowest BCUT2D eigenvalue weighted by Crippen LogP contribution is -2.24. The van der Waals surface area contributed by atoms with Crippen molar-refractivity contribution in [2.45, 2.75) is 31.8 Å². The summed E-state index contributed by atoms with van der Waals surface area (Å²) in [4.78, 5) is 4.64. The van der Waals surface area contributed by atoms with Crippen LogP contribution in [0.5, 0.6) is 5.75 Å². The van der Waals surface area contributed by atoms with Crippen LogP contribution in [0.15, 0.2) is 29.6 Å². The Morgan fingerprint density at radius 1 is 1.37 bits per heavy atom. The van der Waals surface area contributed by atoms with E-state index >= 15 is 0 Å². The summed E-state index contributed by atoms with van der Waals surface area (Å²) in [5.41, 5.74) is 2.25. The first-order valence-corrected chi connectivity index (χ1v) is 7.47. The third kappa shape index (κ3) is 2.80. The quantitative estimate of drug-likeness (QED) is 0.908. The molecule has 1 N–H and O–H groups in total. The van der Waals surface area contributed by atoms with Gasteiger partial charge in [-0.1, -0.05) is 18.2 Å². The average Bonchev–Trinajstić information content (AvgIpc) is 3.16. The molecule has 0 radical (unpaired) electrons. The molecule has 1 saturated carbocycles. The van der Waals surface area contributed by atoms with E-state index in [1.165, 1.54) is 18.4 Å². The summed E-state index contributed by atoms with van der Waals surface area (Å²) < 4.78 is 5.49. The van der Waals surface area contributed by atoms with Crippen molar-refractivity contribution in [1.82, 2.24) is 10.3 Å². The lowest BCUT2D eigenvalue weighted by molar-refractivity contribution is 0.403. The zero-order valence-electron chi connectivity index (χ0n) is 11.2. The molecular formula is C15H18N2OS. The minimum Gasteiger partial charge on any atom is -0.496 e. The van der Waals surface area contributed by atoms with Crippen LogP contribution in [-0.4, -0.2) is 18.1 Å². The van der Waals surface area contributed by atoms with Crippen LogP contribution in [0.1, 0.15) is 35.1 Å². The van der Waals surface area contributed by atoms with Gasteiger partial charge >= 0.3 is 0 Å². The topological polar surface area (TPSA) is 34.1 Å². The summed E-state index contributed by atoms with van der Waals surface area (Å²) in [5, 5.41) is 6.90. The molecular weight excluding hydrogens is 256 g/mol. The maximum Gasteiger partial charge on any atom is 0.124 e. The highest BCUT2D eigenvalue weighted by Crippen LogP contribution is 2.34. The second kappa shape index (κ2) is 5.31. The van der Waals surface area contributed by atoms with Gasteiger partial charge in [0, 0.05) is 22.7 Å². The fourth-order valence-electron chi connectivity index (χ4n) is 2.19. The normalized spacial score (nSPS) is 16.3. The number of methoxy groups -OCH3 is 1. The minimum atomic E-state index is 0.141. The second-order valence-electron chi connectivity index (χ2n) is 4.94. The summed E-state index contributed by atoms with van der Waals surface area (Å²) in [5.74, 6) is 0.925. The van der Waals surface area contributed by atoms with Gasteiger partial charge in [-0.25, -0.2) is 4.98 Å². The van der Waals surface area contributed by atoms with Crippen molar-refractivity contribution in [3.05, 3.63) is 45.9 Å². The standard InChI is InChI=1S/C15H18N2OS/c1-10-9-19-15(16-10)14(17-11-7-8-11)12-5-3-4-6-13(12)18-2/h3-6,9,11,14,17H,7-8H2,1-2H3. The number of nitrogens with one attached hydrogen (secondary N) is 1. The van der Waals surface area contributed by atoms with Gasteiger partial charge in [0.1, 0.15) is 10.8 Å². The zero-order valence-corrected chi connectivity index (χ0v) is 12.0. The predicted octanol–water partition coefficient (Wildman–Crippen LogP) is 3.30. The molecule has 0 saturated heterocycles. The van der Waals surface area contributed by atoms with E-state index in [0.717, 1.165) is 16.5 Å². The summed E-state index contributed by atoms with van der Waals surface area (Å²) >= 11 is 1.71. The fourth-order valence-corrected chi connectivity index (χ4v) is 3.06. The monoisotopic (exact) mass is 274 g/mol. The van der Waals surface area contributed by atoms with Crippen LogP contribution in [0.3, 0.4) is 0 Å². The van der Waals surface area contributed by atoms with Crippen LogP contribution in [0, 0.1) is 6.92 Å². The Hall–Kier alpha value is -1.39. The molecule has 0 spiro atoms. The van der Waals surface area contributed by atoms with E-state index in [9.17, 15) is 0 Å². The summed E-state index contributed by atoms with van der Waals surface area (Å²) in [6.45, 7) is 2.04. The van der Waals surface area contributed by atoms with E-state index in [-0.39, 0.29) is 6.04 Å². The molecule has 1 unspecified atom stereocenters. The van der Waals surface area contributed by atoms with Crippen molar-refractivity contribution in [1.29, 1.82) is 0 Å². The van der Waals surface area contributed by atoms with E-state index in [0.29, 0.717) is 6.04 Å². The molecule has 1 fully saturated rings. The highest BCUT2D eigenvalue weighted by atomic mass is 32.1. The highest BCUT2D eigenvalue weighted by Gasteiger charge is 2.29. The SMILES string of the molecule is COc1ccccc1C(NC1CC1)c1nc(C)cs1. The van der Waals surface area contributed by atoms with Crippen LogP contribution in [0.4, 0.5) is 0 Å². The van der Waals surface area contributed by atoms with E-state index in [1.54, 1.807) is 18.4 Å². The van der Waals surface area contributed by atoms with Crippen molar-refractivity contribution >= 4 is 11.3 Å². The lowest BCUT2D eigenvalue weighted by Gasteiger charge is -2.19. The van der Waals surface area contributed by atoms with Gasteiger partial charge in [-0.05, 0) is 25.8 Å². The van der Waals surface area contributed by atoms with Crippen molar-refractivity contribution in [2.75, 3.05) is 7.11 Å². The molecule has 1 atom stereocenters. The molecule has 100 valence electrons. The molecule has 1 heterocycles. The molecule has 3 nitrogen and oxygen atoms in total. The van der Waals surface area contributed by atoms with Gasteiger partial charge in [-0.3, -0.25) is 0 Å². The molecule has 2 aromatic rings. The Morgan fingerprint density at radius 2 is 2.16 bits per heavy atom. The molecule has 1 aliphatic rings. The Kier molecular flexibility index (Phi) is 3.53. The predicted molar refractivity (Wildman–Crippen MR) is 77.8 cm³/mol. The average molecular weight is 274 g/mol. The van der Waals surface area contributed by atoms with Crippen molar-refractivity contribution in [2.24, 2.45) is 0 Å². The van der Waals surface area contributed by atoms with Crippen LogP contribution >= 0.6 is 11.3 Å². The van der Waals surface area contributed by atoms with Crippen LogP contribution < -0.4 is 10.1 Å². The van der Waals surface area contributed by atoms with Crippen LogP contribution in [0.25, 0.3) is 0 Å². The summed E-state index contributed by atoms with van der Waals surface area (Å²) in [6, 6.07) is 8.96. The van der Waals surface area contributed by atoms with E-state index < -0.39 is 0 Å². The largest absolute Gasteiger partial charge is 0.496 e. The second-order valence-corrected chi connectivity index (χ2v) is 5.83. The number of rotatable bonds is 5. The Bertz CT molecular complexity index is 563. The number of benzene rings is 1. The first kappa shape index (κ1) is 12.6. The maximum absolute atomic E-state index is 5.49. The number of hydrogen-bond donors (Lipinski definition) is 1. The van der Waals surface area contributed by atoms with Crippen molar-refractivity contribution in [3.63, 3.8) is 0 Å². The van der Waals surface area contributed by atoms with Crippen molar-refractivity contribution < 1.29 is 4.74 Å². The fraction of sp³-hybridized carbons (Fsp3) is 0.400. The van der Waals surface area contributed by atoms with E-state index in [1.807, 2.05) is 19.1 Å². The molecule has 0 aliphatic heterocycles. The molecule has 0 bridgehead atoms. The smallest absolute Gasteiger partial charge is 0.124 e. The molecule has 1 aromatic carbocycles. The van der Waals surface area contributed by atoms with Crippen LogP contribution in [-0.2, 0) is 0 Å². The third-order valence-electron chi connectivity index (χ3n) is 3.31. The van der Waals surface area contributed by atoms with Gasteiger partial charge in [0.15, 0.2) is 0 Å². The van der Waals surface area contributed by atoms with Gasteiger partial charge in [-0.15, -0.1) is 11.3 Å².